The van der Waals surface area contributed by atoms with E-state index >= 15 is 0 Å². The second kappa shape index (κ2) is 5.94. The minimum absolute atomic E-state index is 0.304. The van der Waals surface area contributed by atoms with Gasteiger partial charge in [-0.1, -0.05) is 18.2 Å². The SMILES string of the molecule is CCN(c1ccccc1)S(=O)(=O)c1csc(CCl)c1. The molecule has 2 rings (SSSR count). The van der Waals surface area contributed by atoms with E-state index in [1.807, 2.05) is 25.1 Å². The van der Waals surface area contributed by atoms with Gasteiger partial charge in [0.1, 0.15) is 0 Å². The van der Waals surface area contributed by atoms with E-state index < -0.39 is 10.0 Å². The van der Waals surface area contributed by atoms with Crippen molar-refractivity contribution in [2.24, 2.45) is 0 Å². The molecule has 102 valence electrons. The summed E-state index contributed by atoms with van der Waals surface area (Å²) in [6.07, 6.45) is 0. The number of thiophene rings is 1. The van der Waals surface area contributed by atoms with E-state index in [-0.39, 0.29) is 0 Å². The van der Waals surface area contributed by atoms with Crippen LogP contribution >= 0.6 is 22.9 Å². The van der Waals surface area contributed by atoms with Gasteiger partial charge < -0.3 is 0 Å². The molecule has 0 aliphatic heterocycles. The van der Waals surface area contributed by atoms with Gasteiger partial charge in [-0.2, -0.15) is 0 Å². The number of para-hydroxylation sites is 1. The summed E-state index contributed by atoms with van der Waals surface area (Å²) in [5.41, 5.74) is 0.670. The first-order chi connectivity index (χ1) is 9.09. The Hall–Kier alpha value is -1.04. The third-order valence-corrected chi connectivity index (χ3v) is 6.09. The molecule has 1 heterocycles. The number of hydrogen-bond acceptors (Lipinski definition) is 3. The standard InChI is InChI=1S/C13H14ClNO2S2/c1-2-15(11-6-4-3-5-7-11)19(16,17)13-8-12(9-14)18-10-13/h3-8,10H,2,9H2,1H3. The molecule has 6 heteroatoms. The Morgan fingerprint density at radius 2 is 1.95 bits per heavy atom. The minimum Gasteiger partial charge on any atom is -0.267 e. The molecular weight excluding hydrogens is 302 g/mol. The monoisotopic (exact) mass is 315 g/mol. The van der Waals surface area contributed by atoms with Gasteiger partial charge in [0.05, 0.1) is 16.5 Å². The average Bonchev–Trinajstić information content (AvgIpc) is 2.90. The van der Waals surface area contributed by atoms with Crippen molar-refractivity contribution < 1.29 is 8.42 Å². The molecule has 0 aliphatic rings. The number of hydrogen-bond donors (Lipinski definition) is 0. The largest absolute Gasteiger partial charge is 0.267 e. The van der Waals surface area contributed by atoms with E-state index in [2.05, 4.69) is 0 Å². The number of alkyl halides is 1. The highest BCUT2D eigenvalue weighted by Crippen LogP contribution is 2.27. The van der Waals surface area contributed by atoms with Crippen molar-refractivity contribution >= 4 is 38.6 Å². The normalized spacial score (nSPS) is 11.5. The second-order valence-electron chi connectivity index (χ2n) is 3.89. The van der Waals surface area contributed by atoms with Crippen LogP contribution in [-0.2, 0) is 15.9 Å². The van der Waals surface area contributed by atoms with Crippen LogP contribution in [0.5, 0.6) is 0 Å². The maximum atomic E-state index is 12.6. The average molecular weight is 316 g/mol. The Balaban J connectivity index is 2.42. The predicted octanol–water partition coefficient (Wildman–Crippen LogP) is 3.70. The highest BCUT2D eigenvalue weighted by atomic mass is 35.5. The third kappa shape index (κ3) is 2.94. The lowest BCUT2D eigenvalue weighted by molar-refractivity contribution is 0.592. The molecule has 0 amide bonds. The summed E-state index contributed by atoms with van der Waals surface area (Å²) in [7, 11) is -3.51. The highest BCUT2D eigenvalue weighted by Gasteiger charge is 2.24. The zero-order valence-electron chi connectivity index (χ0n) is 10.4. The molecule has 1 aromatic heterocycles. The first kappa shape index (κ1) is 14.4. The third-order valence-electron chi connectivity index (χ3n) is 2.68. The summed E-state index contributed by atoms with van der Waals surface area (Å²) in [4.78, 5) is 1.16. The summed E-state index contributed by atoms with van der Waals surface area (Å²) in [6, 6.07) is 10.7. The Morgan fingerprint density at radius 1 is 1.26 bits per heavy atom. The highest BCUT2D eigenvalue weighted by molar-refractivity contribution is 7.93. The van der Waals surface area contributed by atoms with Crippen LogP contribution in [0.4, 0.5) is 5.69 Å². The van der Waals surface area contributed by atoms with E-state index in [0.29, 0.717) is 23.0 Å². The molecule has 0 N–H and O–H groups in total. The van der Waals surface area contributed by atoms with Gasteiger partial charge >= 0.3 is 0 Å². The molecule has 0 unspecified atom stereocenters. The van der Waals surface area contributed by atoms with Gasteiger partial charge in [-0.15, -0.1) is 22.9 Å². The number of benzene rings is 1. The van der Waals surface area contributed by atoms with Crippen molar-refractivity contribution in [3.63, 3.8) is 0 Å². The maximum Gasteiger partial charge on any atom is 0.265 e. The predicted molar refractivity (Wildman–Crippen MR) is 80.5 cm³/mol. The molecule has 3 nitrogen and oxygen atoms in total. The molecule has 0 saturated heterocycles. The summed E-state index contributed by atoms with van der Waals surface area (Å²) in [6.45, 7) is 2.21. The quantitative estimate of drug-likeness (QED) is 0.789. The molecule has 0 spiro atoms. The Bertz CT molecular complexity index is 638. The van der Waals surface area contributed by atoms with E-state index in [9.17, 15) is 8.42 Å². The number of sulfonamides is 1. The minimum atomic E-state index is -3.51. The molecule has 0 aliphatic carbocycles. The summed E-state index contributed by atoms with van der Waals surface area (Å²) in [5, 5.41) is 1.64. The van der Waals surface area contributed by atoms with Gasteiger partial charge in [-0.05, 0) is 25.1 Å². The Kier molecular flexibility index (Phi) is 4.50. The first-order valence-corrected chi connectivity index (χ1v) is 8.66. The first-order valence-electron chi connectivity index (χ1n) is 5.80. The van der Waals surface area contributed by atoms with Crippen LogP contribution in [0, 0.1) is 0 Å². The van der Waals surface area contributed by atoms with Gasteiger partial charge in [-0.3, -0.25) is 4.31 Å². The van der Waals surface area contributed by atoms with Crippen LogP contribution in [0.3, 0.4) is 0 Å². The van der Waals surface area contributed by atoms with Crippen LogP contribution in [-0.4, -0.2) is 15.0 Å². The molecule has 2 aromatic rings. The molecular formula is C13H14ClNO2S2. The topological polar surface area (TPSA) is 37.4 Å². The van der Waals surface area contributed by atoms with Crippen molar-refractivity contribution in [3.05, 3.63) is 46.7 Å². The lowest BCUT2D eigenvalue weighted by Crippen LogP contribution is -2.30. The summed E-state index contributed by atoms with van der Waals surface area (Å²) in [5.74, 6) is 0.331. The van der Waals surface area contributed by atoms with Crippen LogP contribution in [0.2, 0.25) is 0 Å². The lowest BCUT2D eigenvalue weighted by Gasteiger charge is -2.22. The van der Waals surface area contributed by atoms with Gasteiger partial charge in [-0.25, -0.2) is 8.42 Å². The molecule has 19 heavy (non-hydrogen) atoms. The van der Waals surface area contributed by atoms with Crippen LogP contribution in [0.25, 0.3) is 0 Å². The van der Waals surface area contributed by atoms with Gasteiger partial charge in [0.25, 0.3) is 10.0 Å². The number of nitrogens with zero attached hydrogens (tertiary/aromatic N) is 1. The number of anilines is 1. The number of halogens is 1. The van der Waals surface area contributed by atoms with E-state index in [1.165, 1.54) is 15.6 Å². The van der Waals surface area contributed by atoms with Crippen molar-refractivity contribution in [1.29, 1.82) is 0 Å². The fourth-order valence-corrected chi connectivity index (χ4v) is 4.63. The van der Waals surface area contributed by atoms with Crippen LogP contribution < -0.4 is 4.31 Å². The number of rotatable bonds is 5. The summed E-state index contributed by atoms with van der Waals surface area (Å²) < 4.78 is 26.6. The zero-order valence-corrected chi connectivity index (χ0v) is 12.8. The lowest BCUT2D eigenvalue weighted by atomic mass is 10.3. The van der Waals surface area contributed by atoms with Crippen molar-refractivity contribution in [3.8, 4) is 0 Å². The molecule has 0 saturated carbocycles. The van der Waals surface area contributed by atoms with Crippen molar-refractivity contribution in [1.82, 2.24) is 0 Å². The van der Waals surface area contributed by atoms with Gasteiger partial charge in [0, 0.05) is 16.8 Å². The van der Waals surface area contributed by atoms with Gasteiger partial charge in [0.15, 0.2) is 0 Å². The van der Waals surface area contributed by atoms with Crippen molar-refractivity contribution in [2.75, 3.05) is 10.8 Å². The van der Waals surface area contributed by atoms with Crippen molar-refractivity contribution in [2.45, 2.75) is 17.7 Å². The molecule has 0 fully saturated rings. The fraction of sp³-hybridized carbons (Fsp3) is 0.231. The second-order valence-corrected chi connectivity index (χ2v) is 7.01. The molecule has 0 atom stereocenters. The Labute approximate surface area is 122 Å². The molecule has 0 radical (unpaired) electrons. The fourth-order valence-electron chi connectivity index (χ4n) is 1.78. The van der Waals surface area contributed by atoms with E-state index in [1.54, 1.807) is 23.6 Å². The van der Waals surface area contributed by atoms with Crippen LogP contribution in [0.15, 0.2) is 46.7 Å². The molecule has 1 aromatic carbocycles. The van der Waals surface area contributed by atoms with Crippen LogP contribution in [0.1, 0.15) is 11.8 Å². The van der Waals surface area contributed by atoms with E-state index in [4.69, 9.17) is 11.6 Å². The van der Waals surface area contributed by atoms with Gasteiger partial charge in [0.2, 0.25) is 0 Å². The summed E-state index contributed by atoms with van der Waals surface area (Å²) >= 11 is 7.08. The molecule has 0 bridgehead atoms. The smallest absolute Gasteiger partial charge is 0.265 e. The Morgan fingerprint density at radius 3 is 2.47 bits per heavy atom. The van der Waals surface area contributed by atoms with E-state index in [0.717, 1.165) is 4.88 Å². The zero-order chi connectivity index (χ0) is 13.9. The maximum absolute atomic E-state index is 12.6.